The van der Waals surface area contributed by atoms with Crippen molar-refractivity contribution in [2.45, 2.75) is 0 Å². The Morgan fingerprint density at radius 3 is 2.82 bits per heavy atom. The van der Waals surface area contributed by atoms with E-state index < -0.39 is 4.92 Å². The standard InChI is InChI=1S/C10H14N4O3/c1-2-5-13(6-7-15)9-4-3-8(14(16)17)10(11)12-9/h2-4,15H,1,5-7H2,(H2,11,12). The molecule has 0 atom stereocenters. The molecule has 0 aliphatic rings. The van der Waals surface area contributed by atoms with E-state index in [9.17, 15) is 10.1 Å². The van der Waals surface area contributed by atoms with Crippen LogP contribution in [0, 0.1) is 10.1 Å². The number of anilines is 2. The minimum atomic E-state index is -0.587. The highest BCUT2D eigenvalue weighted by atomic mass is 16.6. The second-order valence-electron chi connectivity index (χ2n) is 3.29. The number of rotatable bonds is 6. The molecule has 0 amide bonds. The summed E-state index contributed by atoms with van der Waals surface area (Å²) < 4.78 is 0. The number of nitrogen functional groups attached to an aromatic ring is 1. The average Bonchev–Trinajstić information content (AvgIpc) is 2.28. The number of aliphatic hydroxyl groups is 1. The number of nitrogens with zero attached hydrogens (tertiary/aromatic N) is 3. The Balaban J connectivity index is 3.01. The Labute approximate surface area is 98.3 Å². The van der Waals surface area contributed by atoms with Crippen molar-refractivity contribution in [2.24, 2.45) is 0 Å². The van der Waals surface area contributed by atoms with Gasteiger partial charge in [-0.2, -0.15) is 0 Å². The zero-order valence-electron chi connectivity index (χ0n) is 9.24. The number of pyridine rings is 1. The van der Waals surface area contributed by atoms with Gasteiger partial charge in [0, 0.05) is 19.2 Å². The molecule has 0 saturated heterocycles. The Morgan fingerprint density at radius 1 is 1.65 bits per heavy atom. The molecule has 0 saturated carbocycles. The molecule has 17 heavy (non-hydrogen) atoms. The highest BCUT2D eigenvalue weighted by Crippen LogP contribution is 2.22. The van der Waals surface area contributed by atoms with Gasteiger partial charge in [0.1, 0.15) is 5.82 Å². The van der Waals surface area contributed by atoms with Crippen LogP contribution in [-0.4, -0.2) is 34.7 Å². The van der Waals surface area contributed by atoms with Crippen LogP contribution in [0.25, 0.3) is 0 Å². The molecule has 0 spiro atoms. The minimum Gasteiger partial charge on any atom is -0.395 e. The molecule has 7 nitrogen and oxygen atoms in total. The summed E-state index contributed by atoms with van der Waals surface area (Å²) in [7, 11) is 0. The third-order valence-electron chi connectivity index (χ3n) is 2.13. The lowest BCUT2D eigenvalue weighted by atomic mass is 10.3. The van der Waals surface area contributed by atoms with Crippen molar-refractivity contribution in [2.75, 3.05) is 30.3 Å². The van der Waals surface area contributed by atoms with Crippen LogP contribution in [-0.2, 0) is 0 Å². The number of aromatic nitrogens is 1. The predicted octanol–water partition coefficient (Wildman–Crippen LogP) is 0.557. The van der Waals surface area contributed by atoms with Gasteiger partial charge >= 0.3 is 5.69 Å². The number of hydrogen-bond donors (Lipinski definition) is 2. The van der Waals surface area contributed by atoms with Crippen molar-refractivity contribution in [3.05, 3.63) is 34.9 Å². The summed E-state index contributed by atoms with van der Waals surface area (Å²) >= 11 is 0. The maximum atomic E-state index is 10.6. The van der Waals surface area contributed by atoms with E-state index >= 15 is 0 Å². The van der Waals surface area contributed by atoms with E-state index in [0.29, 0.717) is 18.9 Å². The summed E-state index contributed by atoms with van der Waals surface area (Å²) in [5.41, 5.74) is 5.26. The molecule has 0 bridgehead atoms. The van der Waals surface area contributed by atoms with E-state index in [1.807, 2.05) is 0 Å². The highest BCUT2D eigenvalue weighted by molar-refractivity contribution is 5.58. The quantitative estimate of drug-likeness (QED) is 0.426. The summed E-state index contributed by atoms with van der Waals surface area (Å²) in [4.78, 5) is 15.6. The normalized spacial score (nSPS) is 9.94. The van der Waals surface area contributed by atoms with Gasteiger partial charge in [0.2, 0.25) is 5.82 Å². The lowest BCUT2D eigenvalue weighted by Gasteiger charge is -2.20. The molecular weight excluding hydrogens is 224 g/mol. The molecule has 3 N–H and O–H groups in total. The van der Waals surface area contributed by atoms with Gasteiger partial charge in [-0.1, -0.05) is 6.08 Å². The van der Waals surface area contributed by atoms with E-state index in [0.717, 1.165) is 0 Å². The van der Waals surface area contributed by atoms with Crippen molar-refractivity contribution in [1.82, 2.24) is 4.98 Å². The molecule has 1 heterocycles. The van der Waals surface area contributed by atoms with Crippen LogP contribution in [0.5, 0.6) is 0 Å². The van der Waals surface area contributed by atoms with E-state index in [1.54, 1.807) is 11.0 Å². The molecule has 0 radical (unpaired) electrons. The largest absolute Gasteiger partial charge is 0.395 e. The van der Waals surface area contributed by atoms with Crippen molar-refractivity contribution in [1.29, 1.82) is 0 Å². The van der Waals surface area contributed by atoms with Gasteiger partial charge in [-0.15, -0.1) is 6.58 Å². The van der Waals surface area contributed by atoms with Crippen molar-refractivity contribution in [3.8, 4) is 0 Å². The number of aliphatic hydroxyl groups excluding tert-OH is 1. The van der Waals surface area contributed by atoms with Crippen molar-refractivity contribution in [3.63, 3.8) is 0 Å². The molecule has 0 aliphatic heterocycles. The molecule has 1 rings (SSSR count). The van der Waals surface area contributed by atoms with Gasteiger partial charge in [0.15, 0.2) is 0 Å². The van der Waals surface area contributed by atoms with Crippen LogP contribution in [0.4, 0.5) is 17.3 Å². The second-order valence-corrected chi connectivity index (χ2v) is 3.29. The summed E-state index contributed by atoms with van der Waals surface area (Å²) in [6.45, 7) is 4.37. The molecule has 0 aliphatic carbocycles. The van der Waals surface area contributed by atoms with Crippen molar-refractivity contribution >= 4 is 17.3 Å². The smallest absolute Gasteiger partial charge is 0.311 e. The van der Waals surface area contributed by atoms with Gasteiger partial charge in [0.25, 0.3) is 0 Å². The van der Waals surface area contributed by atoms with Crippen LogP contribution in [0.3, 0.4) is 0 Å². The first-order chi connectivity index (χ1) is 8.10. The molecule has 0 aromatic carbocycles. The number of hydrogen-bond acceptors (Lipinski definition) is 6. The summed E-state index contributed by atoms with van der Waals surface area (Å²) in [6, 6.07) is 2.79. The molecule has 7 heteroatoms. The maximum absolute atomic E-state index is 10.6. The maximum Gasteiger partial charge on any atom is 0.311 e. The lowest BCUT2D eigenvalue weighted by molar-refractivity contribution is -0.384. The van der Waals surface area contributed by atoms with E-state index in [-0.39, 0.29) is 18.1 Å². The summed E-state index contributed by atoms with van der Waals surface area (Å²) in [6.07, 6.45) is 1.65. The molecule has 0 fully saturated rings. The third kappa shape index (κ3) is 3.15. The second kappa shape index (κ2) is 5.80. The van der Waals surface area contributed by atoms with Crippen LogP contribution < -0.4 is 10.6 Å². The third-order valence-corrected chi connectivity index (χ3v) is 2.13. The molecule has 0 unspecified atom stereocenters. The zero-order valence-corrected chi connectivity index (χ0v) is 9.24. The summed E-state index contributed by atoms with van der Waals surface area (Å²) in [5, 5.41) is 19.5. The first-order valence-electron chi connectivity index (χ1n) is 4.97. The Morgan fingerprint density at radius 2 is 2.35 bits per heavy atom. The van der Waals surface area contributed by atoms with Gasteiger partial charge < -0.3 is 15.7 Å². The van der Waals surface area contributed by atoms with Crippen LogP contribution >= 0.6 is 0 Å². The minimum absolute atomic E-state index is 0.0492. The average molecular weight is 238 g/mol. The number of nitro groups is 1. The van der Waals surface area contributed by atoms with E-state index in [4.69, 9.17) is 10.8 Å². The van der Waals surface area contributed by atoms with Crippen LogP contribution in [0.1, 0.15) is 0 Å². The topological polar surface area (TPSA) is 106 Å². The van der Waals surface area contributed by atoms with Gasteiger partial charge in [-0.3, -0.25) is 10.1 Å². The predicted molar refractivity (Wildman–Crippen MR) is 64.8 cm³/mol. The SMILES string of the molecule is C=CCN(CCO)c1ccc([N+](=O)[O-])c(N)n1. The van der Waals surface area contributed by atoms with Gasteiger partial charge in [-0.05, 0) is 6.07 Å². The van der Waals surface area contributed by atoms with Crippen LogP contribution in [0.2, 0.25) is 0 Å². The fourth-order valence-electron chi connectivity index (χ4n) is 1.36. The molecule has 92 valence electrons. The van der Waals surface area contributed by atoms with Gasteiger partial charge in [-0.25, -0.2) is 4.98 Å². The lowest BCUT2D eigenvalue weighted by Crippen LogP contribution is -2.27. The van der Waals surface area contributed by atoms with E-state index in [2.05, 4.69) is 11.6 Å². The molecule has 1 aromatic heterocycles. The fraction of sp³-hybridized carbons (Fsp3) is 0.300. The summed E-state index contributed by atoms with van der Waals surface area (Å²) in [5.74, 6) is 0.335. The Kier molecular flexibility index (Phi) is 4.41. The fourth-order valence-corrected chi connectivity index (χ4v) is 1.36. The first kappa shape index (κ1) is 12.9. The molecule has 1 aromatic rings. The highest BCUT2D eigenvalue weighted by Gasteiger charge is 2.15. The first-order valence-corrected chi connectivity index (χ1v) is 4.97. The van der Waals surface area contributed by atoms with Crippen molar-refractivity contribution < 1.29 is 10.0 Å². The van der Waals surface area contributed by atoms with Gasteiger partial charge in [0.05, 0.1) is 11.5 Å². The van der Waals surface area contributed by atoms with E-state index in [1.165, 1.54) is 12.1 Å². The zero-order chi connectivity index (χ0) is 12.8. The Bertz CT molecular complexity index is 422. The Hall–Kier alpha value is -2.15. The monoisotopic (exact) mass is 238 g/mol. The van der Waals surface area contributed by atoms with Crippen LogP contribution in [0.15, 0.2) is 24.8 Å². The molecular formula is C10H14N4O3. The number of nitrogens with two attached hydrogens (primary N) is 1.